The van der Waals surface area contributed by atoms with Gasteiger partial charge in [0.25, 0.3) is 0 Å². The van der Waals surface area contributed by atoms with Gasteiger partial charge in [-0.1, -0.05) is 36.9 Å². The van der Waals surface area contributed by atoms with Crippen molar-refractivity contribution in [3.05, 3.63) is 66.4 Å². The molecule has 3 aromatic rings. The second-order valence-electron chi connectivity index (χ2n) is 5.65. The molecule has 0 aliphatic carbocycles. The highest BCUT2D eigenvalue weighted by Crippen LogP contribution is 2.36. The van der Waals surface area contributed by atoms with Crippen LogP contribution in [0, 0.1) is 0 Å². The van der Waals surface area contributed by atoms with Crippen LogP contribution >= 0.6 is 0 Å². The summed E-state index contributed by atoms with van der Waals surface area (Å²) in [5, 5.41) is 10.7. The van der Waals surface area contributed by atoms with Crippen molar-refractivity contribution in [3.63, 3.8) is 0 Å². The van der Waals surface area contributed by atoms with E-state index in [0.29, 0.717) is 23.8 Å². The lowest BCUT2D eigenvalue weighted by Gasteiger charge is -2.12. The fourth-order valence-electron chi connectivity index (χ4n) is 2.63. The van der Waals surface area contributed by atoms with Crippen LogP contribution < -0.4 is 14.2 Å². The summed E-state index contributed by atoms with van der Waals surface area (Å²) in [7, 11) is 3.24. The van der Waals surface area contributed by atoms with Crippen molar-refractivity contribution in [2.75, 3.05) is 20.8 Å². The average molecular weight is 363 g/mol. The molecule has 1 aromatic heterocycles. The Kier molecular flexibility index (Phi) is 5.89. The molecule has 0 saturated heterocycles. The molecule has 0 unspecified atom stereocenters. The van der Waals surface area contributed by atoms with Gasteiger partial charge in [0, 0.05) is 6.07 Å². The van der Waals surface area contributed by atoms with Crippen molar-refractivity contribution in [3.8, 4) is 28.5 Å². The van der Waals surface area contributed by atoms with E-state index in [1.807, 2.05) is 48.6 Å². The van der Waals surface area contributed by atoms with E-state index in [0.717, 1.165) is 22.4 Å². The van der Waals surface area contributed by atoms with E-state index in [2.05, 4.69) is 22.0 Å². The van der Waals surface area contributed by atoms with Gasteiger partial charge in [-0.25, -0.2) is 0 Å². The first kappa shape index (κ1) is 18.3. The van der Waals surface area contributed by atoms with Crippen molar-refractivity contribution in [1.82, 2.24) is 15.4 Å². The maximum Gasteiger partial charge on any atom is 0.132 e. The average Bonchev–Trinajstić information content (AvgIpc) is 3.25. The molecule has 0 aliphatic heterocycles. The number of hydrogen-bond acceptors (Lipinski definition) is 5. The number of hydrogen-bond donors (Lipinski definition) is 1. The summed E-state index contributed by atoms with van der Waals surface area (Å²) >= 11 is 0. The number of methoxy groups -OCH3 is 2. The maximum absolute atomic E-state index is 5.54. The van der Waals surface area contributed by atoms with E-state index < -0.39 is 0 Å². The molecule has 27 heavy (non-hydrogen) atoms. The number of nitrogens with zero attached hydrogens (tertiary/aromatic N) is 2. The van der Waals surface area contributed by atoms with Crippen molar-refractivity contribution in [1.29, 1.82) is 0 Å². The number of nitrogens with one attached hydrogen (secondary N) is 1. The number of rotatable bonds is 8. The Balaban J connectivity index is 1.95. The minimum atomic E-state index is 0.486. The number of H-pyrrole nitrogens is 1. The molecule has 3 rings (SSSR count). The van der Waals surface area contributed by atoms with Crippen LogP contribution in [0.25, 0.3) is 23.4 Å². The van der Waals surface area contributed by atoms with Crippen molar-refractivity contribution < 1.29 is 14.2 Å². The molecule has 0 aliphatic rings. The molecule has 138 valence electrons. The summed E-state index contributed by atoms with van der Waals surface area (Å²) < 4.78 is 16.4. The largest absolute Gasteiger partial charge is 0.497 e. The summed E-state index contributed by atoms with van der Waals surface area (Å²) in [6.45, 7) is 4.13. The molecule has 0 amide bonds. The molecule has 0 fully saturated rings. The second-order valence-corrected chi connectivity index (χ2v) is 5.65. The highest BCUT2D eigenvalue weighted by Gasteiger charge is 2.15. The predicted molar refractivity (Wildman–Crippen MR) is 106 cm³/mol. The van der Waals surface area contributed by atoms with Gasteiger partial charge in [-0.2, -0.15) is 15.4 Å². The van der Waals surface area contributed by atoms with Gasteiger partial charge in [-0.05, 0) is 29.3 Å². The van der Waals surface area contributed by atoms with E-state index in [-0.39, 0.29) is 0 Å². The van der Waals surface area contributed by atoms with E-state index in [1.165, 1.54) is 0 Å². The summed E-state index contributed by atoms with van der Waals surface area (Å²) in [6, 6.07) is 11.6. The first-order chi connectivity index (χ1) is 13.2. The lowest BCUT2D eigenvalue weighted by atomic mass is 10.0. The number of benzene rings is 2. The fraction of sp³-hybridized carbons (Fsp3) is 0.143. The fourth-order valence-corrected chi connectivity index (χ4v) is 2.63. The zero-order valence-corrected chi connectivity index (χ0v) is 15.3. The normalized spacial score (nSPS) is 10.7. The Labute approximate surface area is 158 Å². The molecule has 1 heterocycles. The van der Waals surface area contributed by atoms with Gasteiger partial charge >= 0.3 is 0 Å². The lowest BCUT2D eigenvalue weighted by molar-refractivity contribution is 0.363. The third kappa shape index (κ3) is 4.36. The molecule has 0 radical (unpaired) electrons. The van der Waals surface area contributed by atoms with Crippen LogP contribution in [0.15, 0.2) is 55.3 Å². The van der Waals surface area contributed by atoms with Gasteiger partial charge in [0.05, 0.1) is 26.0 Å². The quantitative estimate of drug-likeness (QED) is 0.479. The van der Waals surface area contributed by atoms with Crippen LogP contribution in [0.5, 0.6) is 17.2 Å². The van der Waals surface area contributed by atoms with Gasteiger partial charge in [-0.15, -0.1) is 0 Å². The van der Waals surface area contributed by atoms with E-state index >= 15 is 0 Å². The van der Waals surface area contributed by atoms with Gasteiger partial charge in [0.15, 0.2) is 0 Å². The van der Waals surface area contributed by atoms with Crippen molar-refractivity contribution >= 4 is 12.2 Å². The van der Waals surface area contributed by atoms with Crippen LogP contribution in [-0.2, 0) is 0 Å². The first-order valence-electron chi connectivity index (χ1n) is 8.39. The van der Waals surface area contributed by atoms with Crippen LogP contribution in [0.1, 0.15) is 11.1 Å². The minimum absolute atomic E-state index is 0.486. The second kappa shape index (κ2) is 8.71. The van der Waals surface area contributed by atoms with E-state index in [1.54, 1.807) is 26.5 Å². The summed E-state index contributed by atoms with van der Waals surface area (Å²) in [5.74, 6) is 2.17. The molecule has 1 N–H and O–H groups in total. The zero-order valence-electron chi connectivity index (χ0n) is 15.3. The smallest absolute Gasteiger partial charge is 0.132 e. The van der Waals surface area contributed by atoms with Crippen LogP contribution in [-0.4, -0.2) is 36.2 Å². The molecule has 6 heteroatoms. The third-order valence-corrected chi connectivity index (χ3v) is 3.94. The van der Waals surface area contributed by atoms with Gasteiger partial charge in [0.2, 0.25) is 0 Å². The van der Waals surface area contributed by atoms with Crippen molar-refractivity contribution in [2.24, 2.45) is 0 Å². The molecule has 6 nitrogen and oxygen atoms in total. The number of aromatic nitrogens is 3. The summed E-state index contributed by atoms with van der Waals surface area (Å²) in [6.07, 6.45) is 7.38. The zero-order chi connectivity index (χ0) is 19.1. The Morgan fingerprint density at radius 3 is 2.48 bits per heavy atom. The Morgan fingerprint density at radius 1 is 1.04 bits per heavy atom. The predicted octanol–water partition coefficient (Wildman–Crippen LogP) is 4.22. The third-order valence-electron chi connectivity index (χ3n) is 3.94. The van der Waals surface area contributed by atoms with Gasteiger partial charge in [0.1, 0.15) is 29.5 Å². The molecule has 0 spiro atoms. The Bertz CT molecular complexity index is 917. The van der Waals surface area contributed by atoms with Gasteiger partial charge < -0.3 is 14.2 Å². The first-order valence-corrected chi connectivity index (χ1v) is 8.39. The number of ether oxygens (including phenoxy) is 3. The molecular formula is C21H21N3O3. The van der Waals surface area contributed by atoms with Crippen LogP contribution in [0.4, 0.5) is 0 Å². The molecule has 0 bridgehead atoms. The maximum atomic E-state index is 5.54. The topological polar surface area (TPSA) is 69.3 Å². The van der Waals surface area contributed by atoms with Crippen LogP contribution in [0.2, 0.25) is 0 Å². The summed E-state index contributed by atoms with van der Waals surface area (Å²) in [4.78, 5) is 0. The van der Waals surface area contributed by atoms with E-state index in [9.17, 15) is 0 Å². The summed E-state index contributed by atoms with van der Waals surface area (Å²) in [5.41, 5.74) is 3.48. The number of aromatic amines is 1. The molecule has 2 aromatic carbocycles. The highest BCUT2D eigenvalue weighted by molar-refractivity contribution is 5.84. The van der Waals surface area contributed by atoms with Crippen molar-refractivity contribution in [2.45, 2.75) is 0 Å². The minimum Gasteiger partial charge on any atom is -0.497 e. The van der Waals surface area contributed by atoms with E-state index in [4.69, 9.17) is 14.2 Å². The highest BCUT2D eigenvalue weighted by atomic mass is 16.5. The molecule has 0 atom stereocenters. The lowest BCUT2D eigenvalue weighted by Crippen LogP contribution is -1.94. The van der Waals surface area contributed by atoms with Gasteiger partial charge in [-0.3, -0.25) is 0 Å². The van der Waals surface area contributed by atoms with Crippen LogP contribution in [0.3, 0.4) is 0 Å². The SMILES string of the molecule is C=CCOc1ccc(/C=C/c2cc(OC)cc(OC)c2-c2cn[nH]n2)cc1. The standard InChI is InChI=1S/C21H21N3O3/c1-4-11-27-17-9-6-15(7-10-17)5-8-16-12-18(25-2)13-20(26-3)21(16)19-14-22-24-23-19/h4-10,12-14H,1,11H2,2-3H3,(H,22,23,24)/b8-5+. The molecular weight excluding hydrogens is 342 g/mol. The monoisotopic (exact) mass is 363 g/mol. The Hall–Kier alpha value is -3.54. The molecule has 0 saturated carbocycles. The Morgan fingerprint density at radius 2 is 1.85 bits per heavy atom.